The zero-order valence-corrected chi connectivity index (χ0v) is 12.6. The van der Waals surface area contributed by atoms with Crippen molar-refractivity contribution in [3.8, 4) is 0 Å². The predicted molar refractivity (Wildman–Crippen MR) is 86.9 cm³/mol. The molecule has 0 unspecified atom stereocenters. The summed E-state index contributed by atoms with van der Waals surface area (Å²) < 4.78 is 32.2. The van der Waals surface area contributed by atoms with Gasteiger partial charge in [-0.1, -0.05) is 18.1 Å². The van der Waals surface area contributed by atoms with Gasteiger partial charge < -0.3 is 5.73 Å². The van der Waals surface area contributed by atoms with E-state index in [1.165, 1.54) is 0 Å². The molecule has 2 amide bonds. The van der Waals surface area contributed by atoms with Gasteiger partial charge >= 0.3 is 6.03 Å². The van der Waals surface area contributed by atoms with E-state index in [0.717, 1.165) is 16.0 Å². The highest BCUT2D eigenvalue weighted by molar-refractivity contribution is 6.12. The maximum Gasteiger partial charge on any atom is 0.323 e. The molecule has 3 rings (SSSR count). The second kappa shape index (κ2) is 4.98. The molecule has 2 N–H and O–H groups in total. The Morgan fingerprint density at radius 1 is 1.18 bits per heavy atom. The molecule has 0 aliphatic carbocycles. The van der Waals surface area contributed by atoms with E-state index in [4.69, 9.17) is 11.2 Å². The summed E-state index contributed by atoms with van der Waals surface area (Å²) in [5.41, 5.74) is 8.64. The normalized spacial score (nSPS) is 16.0. The summed E-state index contributed by atoms with van der Waals surface area (Å²) in [4.78, 5) is 26.3. The number of nitrogens with zero attached hydrogens (tertiary/aromatic N) is 1. The van der Waals surface area contributed by atoms with Crippen LogP contribution in [0.2, 0.25) is 0 Å². The van der Waals surface area contributed by atoms with Crippen LogP contribution < -0.4 is 10.6 Å². The van der Waals surface area contributed by atoms with Gasteiger partial charge in [0, 0.05) is 12.0 Å². The minimum absolute atomic E-state index is 0.0572. The van der Waals surface area contributed by atoms with Crippen molar-refractivity contribution in [2.45, 2.75) is 27.2 Å². The monoisotopic (exact) mass is 298 g/mol. The molecule has 0 saturated carbocycles. The Kier molecular flexibility index (Phi) is 2.30. The molecular weight excluding hydrogens is 276 g/mol. The number of para-hydroxylation sites is 1. The van der Waals surface area contributed by atoms with Crippen LogP contribution in [0.1, 0.15) is 38.1 Å². The first-order valence-corrected chi connectivity index (χ1v) is 6.90. The molecule has 1 heterocycles. The third kappa shape index (κ3) is 1.99. The van der Waals surface area contributed by atoms with E-state index in [0.29, 0.717) is 11.1 Å². The first kappa shape index (κ1) is 10.2. The Morgan fingerprint density at radius 2 is 1.86 bits per heavy atom. The van der Waals surface area contributed by atoms with Crippen LogP contribution in [0.15, 0.2) is 30.2 Å². The number of amides is 2. The fourth-order valence-corrected chi connectivity index (χ4v) is 2.84. The second-order valence-electron chi connectivity index (χ2n) is 5.44. The van der Waals surface area contributed by atoms with E-state index < -0.39 is 24.2 Å². The van der Waals surface area contributed by atoms with Gasteiger partial charge in [0.2, 0.25) is 0 Å². The molecule has 4 heteroatoms. The number of hydrogen-bond acceptors (Lipinski definition) is 2. The molecular formula is C18H18N2O2. The van der Waals surface area contributed by atoms with Crippen molar-refractivity contribution in [1.29, 1.82) is 0 Å². The Labute approximate surface area is 135 Å². The highest BCUT2D eigenvalue weighted by atomic mass is 16.2. The van der Waals surface area contributed by atoms with E-state index in [1.54, 1.807) is 13.0 Å². The van der Waals surface area contributed by atoms with E-state index in [9.17, 15) is 9.59 Å². The third-order valence-electron chi connectivity index (χ3n) is 4.18. The van der Waals surface area contributed by atoms with Gasteiger partial charge in [-0.05, 0) is 55.1 Å². The number of carbonyl (C=O) groups is 2. The zero-order valence-electron chi connectivity index (χ0n) is 16.6. The minimum Gasteiger partial charge on any atom is -0.351 e. The van der Waals surface area contributed by atoms with Gasteiger partial charge in [0.15, 0.2) is 5.78 Å². The summed E-state index contributed by atoms with van der Waals surface area (Å²) in [6.45, 7) is 5.50. The van der Waals surface area contributed by atoms with Crippen molar-refractivity contribution in [2.75, 3.05) is 4.90 Å². The van der Waals surface area contributed by atoms with Crippen molar-refractivity contribution in [2.24, 2.45) is 5.73 Å². The zero-order chi connectivity index (χ0) is 19.5. The Balaban J connectivity index is 2.51. The number of anilines is 2. The van der Waals surface area contributed by atoms with Crippen LogP contribution in [0.4, 0.5) is 16.2 Å². The lowest BCUT2D eigenvalue weighted by Gasteiger charge is -2.24. The summed E-state index contributed by atoms with van der Waals surface area (Å²) in [6.07, 6.45) is -0.230. The number of ketones is 1. The number of nitrogens with two attached hydrogens (primary N) is 1. The number of Topliss-reactive ketones (excluding diaryl/α,β-unsaturated/α-hetero) is 1. The second-order valence-corrected chi connectivity index (χ2v) is 5.44. The van der Waals surface area contributed by atoms with Crippen molar-refractivity contribution < 1.29 is 15.1 Å². The largest absolute Gasteiger partial charge is 0.351 e. The molecule has 2 aromatic rings. The molecule has 0 radical (unpaired) electrons. The Bertz CT molecular complexity index is 1000. The fraction of sp³-hybridized carbons (Fsp3) is 0.222. The maximum absolute atomic E-state index is 12.9. The van der Waals surface area contributed by atoms with Crippen molar-refractivity contribution in [3.63, 3.8) is 0 Å². The van der Waals surface area contributed by atoms with E-state index >= 15 is 0 Å². The number of primary amides is 1. The lowest BCUT2D eigenvalue weighted by molar-refractivity contribution is 0.0994. The van der Waals surface area contributed by atoms with Gasteiger partial charge in [-0.3, -0.25) is 9.69 Å². The smallest absolute Gasteiger partial charge is 0.323 e. The minimum atomic E-state index is -0.908. The van der Waals surface area contributed by atoms with Crippen LogP contribution in [0.5, 0.6) is 0 Å². The standard InChI is InChI=1S/C18H18N2O2/c1-10-8-15-17(12(3)11(10)2)16(21)9-13-6-4-5-7-14(13)20(15)18(19)22/h4-8H,9H2,1-3H3,(H2,19,22)/i4D,5D,6D,7D. The topological polar surface area (TPSA) is 63.4 Å². The summed E-state index contributed by atoms with van der Waals surface area (Å²) in [6, 6.07) is -0.889. The SMILES string of the molecule is [2H]c1c([2H])c([2H])c2c(c1[2H])CC(=O)c1c(cc(C)c(C)c1C)N2C(N)=O. The van der Waals surface area contributed by atoms with Crippen molar-refractivity contribution in [3.05, 3.63) is 58.1 Å². The number of rotatable bonds is 0. The number of aryl methyl sites for hydroxylation is 1. The molecule has 0 aromatic heterocycles. The van der Waals surface area contributed by atoms with Crippen LogP contribution in [-0.2, 0) is 6.42 Å². The van der Waals surface area contributed by atoms with Crippen LogP contribution in [0, 0.1) is 20.8 Å². The van der Waals surface area contributed by atoms with Gasteiger partial charge in [0.1, 0.15) is 0 Å². The van der Waals surface area contributed by atoms with E-state index in [-0.39, 0.29) is 35.2 Å². The summed E-state index contributed by atoms with van der Waals surface area (Å²) >= 11 is 0. The molecule has 1 aliphatic heterocycles. The van der Waals surface area contributed by atoms with Gasteiger partial charge in [-0.25, -0.2) is 4.79 Å². The maximum atomic E-state index is 12.9. The van der Waals surface area contributed by atoms with Gasteiger partial charge in [-0.2, -0.15) is 0 Å². The molecule has 112 valence electrons. The number of carbonyl (C=O) groups excluding carboxylic acids is 2. The highest BCUT2D eigenvalue weighted by Crippen LogP contribution is 2.39. The molecule has 0 atom stereocenters. The third-order valence-corrected chi connectivity index (χ3v) is 4.18. The quantitative estimate of drug-likeness (QED) is 0.808. The lowest BCUT2D eigenvalue weighted by Crippen LogP contribution is -2.32. The highest BCUT2D eigenvalue weighted by Gasteiger charge is 2.30. The van der Waals surface area contributed by atoms with Gasteiger partial charge in [-0.15, -0.1) is 0 Å². The first-order chi connectivity index (χ1) is 12.1. The van der Waals surface area contributed by atoms with Crippen molar-refractivity contribution >= 4 is 23.2 Å². The van der Waals surface area contributed by atoms with Gasteiger partial charge in [0.05, 0.1) is 16.9 Å². The molecule has 1 aliphatic rings. The lowest BCUT2D eigenvalue weighted by atomic mass is 9.93. The average molecular weight is 298 g/mol. The van der Waals surface area contributed by atoms with Crippen LogP contribution in [0.25, 0.3) is 0 Å². The number of hydrogen-bond donors (Lipinski definition) is 1. The predicted octanol–water partition coefficient (Wildman–Crippen LogP) is 3.57. The van der Waals surface area contributed by atoms with E-state index in [1.807, 2.05) is 13.8 Å². The molecule has 4 nitrogen and oxygen atoms in total. The van der Waals surface area contributed by atoms with Crippen LogP contribution in [-0.4, -0.2) is 11.8 Å². The fourth-order valence-electron chi connectivity index (χ4n) is 2.84. The average Bonchev–Trinajstić information content (AvgIpc) is 2.70. The summed E-state index contributed by atoms with van der Waals surface area (Å²) in [5, 5.41) is 0. The summed E-state index contributed by atoms with van der Waals surface area (Å²) in [5.74, 6) is -0.310. The van der Waals surface area contributed by atoms with Crippen LogP contribution in [0.3, 0.4) is 0 Å². The molecule has 22 heavy (non-hydrogen) atoms. The van der Waals surface area contributed by atoms with E-state index in [2.05, 4.69) is 0 Å². The number of urea groups is 1. The molecule has 2 aromatic carbocycles. The molecule has 0 fully saturated rings. The van der Waals surface area contributed by atoms with Crippen molar-refractivity contribution in [1.82, 2.24) is 0 Å². The Hall–Kier alpha value is -2.62. The molecule has 0 saturated heterocycles. The number of fused-ring (bicyclic) bond motifs is 2. The molecule has 0 bridgehead atoms. The van der Waals surface area contributed by atoms with Gasteiger partial charge in [0.25, 0.3) is 0 Å². The summed E-state index contributed by atoms with van der Waals surface area (Å²) in [7, 11) is 0. The number of benzene rings is 2. The first-order valence-electron chi connectivity index (χ1n) is 8.90. The van der Waals surface area contributed by atoms with Crippen LogP contribution >= 0.6 is 0 Å². The Morgan fingerprint density at radius 3 is 2.55 bits per heavy atom. The molecule has 0 spiro atoms.